The Labute approximate surface area is 147 Å². The summed E-state index contributed by atoms with van der Waals surface area (Å²) in [5, 5.41) is 11.1. The van der Waals surface area contributed by atoms with Gasteiger partial charge in [0.25, 0.3) is 0 Å². The van der Waals surface area contributed by atoms with E-state index in [4.69, 9.17) is 4.74 Å². The Balaban J connectivity index is 1.60. The van der Waals surface area contributed by atoms with Crippen molar-refractivity contribution in [1.82, 2.24) is 25.0 Å². The van der Waals surface area contributed by atoms with Gasteiger partial charge in [-0.25, -0.2) is 4.79 Å². The Morgan fingerprint density at radius 1 is 1.20 bits per heavy atom. The zero-order valence-corrected chi connectivity index (χ0v) is 14.8. The molecule has 0 aromatic carbocycles. The van der Waals surface area contributed by atoms with Gasteiger partial charge in [-0.2, -0.15) is 0 Å². The van der Waals surface area contributed by atoms with Crippen LogP contribution in [0.2, 0.25) is 0 Å². The van der Waals surface area contributed by atoms with Gasteiger partial charge in [0.05, 0.1) is 13.7 Å². The van der Waals surface area contributed by atoms with Gasteiger partial charge >= 0.3 is 6.09 Å². The van der Waals surface area contributed by atoms with Gasteiger partial charge in [-0.1, -0.05) is 19.3 Å². The second kappa shape index (κ2) is 8.31. The first-order valence-electron chi connectivity index (χ1n) is 9.21. The van der Waals surface area contributed by atoms with E-state index in [1.165, 1.54) is 31.3 Å². The molecule has 3 rings (SSSR count). The summed E-state index contributed by atoms with van der Waals surface area (Å²) >= 11 is 0. The molecule has 1 aliphatic carbocycles. The lowest BCUT2D eigenvalue weighted by atomic mass is 9.95. The monoisotopic (exact) mass is 349 g/mol. The minimum Gasteiger partial charge on any atom is -0.453 e. The van der Waals surface area contributed by atoms with Crippen LogP contribution in [0, 0.1) is 0 Å². The molecular weight excluding hydrogens is 322 g/mol. The van der Waals surface area contributed by atoms with E-state index in [0.29, 0.717) is 25.6 Å². The van der Waals surface area contributed by atoms with E-state index in [1.54, 1.807) is 6.33 Å². The highest BCUT2D eigenvalue weighted by Gasteiger charge is 2.32. The van der Waals surface area contributed by atoms with Crippen molar-refractivity contribution in [3.8, 4) is 0 Å². The van der Waals surface area contributed by atoms with Crippen molar-refractivity contribution in [3.63, 3.8) is 0 Å². The maximum atomic E-state index is 12.6. The maximum absolute atomic E-state index is 12.6. The molecule has 8 nitrogen and oxygen atoms in total. The first kappa shape index (κ1) is 17.7. The lowest BCUT2D eigenvalue weighted by Crippen LogP contribution is -2.51. The number of methoxy groups -OCH3 is 1. The third kappa shape index (κ3) is 4.11. The third-order valence-corrected chi connectivity index (χ3v) is 5.25. The van der Waals surface area contributed by atoms with Crippen molar-refractivity contribution in [3.05, 3.63) is 12.2 Å². The first-order chi connectivity index (χ1) is 12.2. The number of nitrogens with one attached hydrogen (secondary N) is 1. The van der Waals surface area contributed by atoms with Gasteiger partial charge in [-0.05, 0) is 32.1 Å². The molecule has 8 heteroatoms. The number of likely N-dealkylation sites (tertiary alicyclic amines) is 1. The Kier molecular flexibility index (Phi) is 5.88. The number of carbonyl (C=O) groups is 2. The molecule has 1 saturated carbocycles. The number of aromatic nitrogens is 3. The van der Waals surface area contributed by atoms with E-state index in [-0.39, 0.29) is 5.91 Å². The second-order valence-electron chi connectivity index (χ2n) is 6.84. The van der Waals surface area contributed by atoms with Crippen LogP contribution in [0.4, 0.5) is 4.79 Å². The lowest BCUT2D eigenvalue weighted by molar-refractivity contribution is -0.127. The molecular formula is C17H27N5O3. The molecule has 1 aliphatic heterocycles. The molecule has 138 valence electrons. The van der Waals surface area contributed by atoms with Crippen molar-refractivity contribution in [2.45, 2.75) is 70.0 Å². The molecule has 2 aliphatic rings. The van der Waals surface area contributed by atoms with E-state index in [9.17, 15) is 9.59 Å². The quantitative estimate of drug-likeness (QED) is 0.898. The Morgan fingerprint density at radius 3 is 2.72 bits per heavy atom. The number of carbonyl (C=O) groups excluding carboxylic acids is 2. The topological polar surface area (TPSA) is 89.3 Å². The van der Waals surface area contributed by atoms with E-state index >= 15 is 0 Å². The number of hydrogen-bond acceptors (Lipinski definition) is 5. The highest BCUT2D eigenvalue weighted by molar-refractivity contribution is 5.85. The number of rotatable bonds is 4. The predicted molar refractivity (Wildman–Crippen MR) is 90.7 cm³/mol. The molecule has 1 atom stereocenters. The fourth-order valence-electron chi connectivity index (χ4n) is 3.88. The molecule has 2 heterocycles. The first-order valence-corrected chi connectivity index (χ1v) is 9.21. The Bertz CT molecular complexity index is 597. The number of ether oxygens (including phenoxy) is 1. The van der Waals surface area contributed by atoms with E-state index in [0.717, 1.165) is 31.5 Å². The van der Waals surface area contributed by atoms with Crippen molar-refractivity contribution >= 4 is 12.0 Å². The van der Waals surface area contributed by atoms with Crippen LogP contribution in [-0.2, 0) is 16.1 Å². The molecule has 1 aromatic heterocycles. The highest BCUT2D eigenvalue weighted by atomic mass is 16.5. The van der Waals surface area contributed by atoms with Crippen molar-refractivity contribution in [2.75, 3.05) is 13.7 Å². The van der Waals surface area contributed by atoms with Crippen LogP contribution in [0.5, 0.6) is 0 Å². The smallest absolute Gasteiger partial charge is 0.410 e. The number of nitrogens with zero attached hydrogens (tertiary/aromatic N) is 4. The van der Waals surface area contributed by atoms with Crippen LogP contribution in [-0.4, -0.2) is 51.4 Å². The number of hydrogen-bond donors (Lipinski definition) is 1. The van der Waals surface area contributed by atoms with Crippen LogP contribution < -0.4 is 5.32 Å². The summed E-state index contributed by atoms with van der Waals surface area (Å²) in [7, 11) is 1.35. The lowest BCUT2D eigenvalue weighted by Gasteiger charge is -2.33. The van der Waals surface area contributed by atoms with Gasteiger partial charge in [-0.15, -0.1) is 10.2 Å². The number of piperidine rings is 1. The fourth-order valence-corrected chi connectivity index (χ4v) is 3.88. The van der Waals surface area contributed by atoms with Crippen LogP contribution in [0.3, 0.4) is 0 Å². The summed E-state index contributed by atoms with van der Waals surface area (Å²) in [6.07, 6.45) is 9.83. The average Bonchev–Trinajstić information content (AvgIpc) is 3.14. The van der Waals surface area contributed by atoms with Gasteiger partial charge in [0.2, 0.25) is 5.91 Å². The highest BCUT2D eigenvalue weighted by Crippen LogP contribution is 2.28. The summed E-state index contributed by atoms with van der Waals surface area (Å²) in [4.78, 5) is 26.0. The van der Waals surface area contributed by atoms with E-state index in [2.05, 4.69) is 20.1 Å². The van der Waals surface area contributed by atoms with Gasteiger partial charge in [0.15, 0.2) is 5.82 Å². The van der Waals surface area contributed by atoms with Crippen LogP contribution >= 0.6 is 0 Å². The molecule has 2 amide bonds. The zero-order valence-electron chi connectivity index (χ0n) is 14.8. The molecule has 1 unspecified atom stereocenters. The largest absolute Gasteiger partial charge is 0.453 e. The van der Waals surface area contributed by atoms with Crippen LogP contribution in [0.1, 0.15) is 63.2 Å². The fraction of sp³-hybridized carbons (Fsp3) is 0.765. The zero-order chi connectivity index (χ0) is 17.6. The van der Waals surface area contributed by atoms with Crippen LogP contribution in [0.15, 0.2) is 6.33 Å². The standard InChI is InChI=1S/C17H27N5O3/c1-25-17(24)21-10-6-5-9-14(21)16(23)18-11-15-20-19-12-22(15)13-7-3-2-4-8-13/h12-14H,2-11H2,1H3,(H,18,23). The summed E-state index contributed by atoms with van der Waals surface area (Å²) in [6, 6.07) is -0.0378. The minimum absolute atomic E-state index is 0.150. The summed E-state index contributed by atoms with van der Waals surface area (Å²) in [6.45, 7) is 0.893. The van der Waals surface area contributed by atoms with Gasteiger partial charge < -0.3 is 14.6 Å². The Morgan fingerprint density at radius 2 is 1.96 bits per heavy atom. The Hall–Kier alpha value is -2.12. The molecule has 1 aromatic rings. The predicted octanol–water partition coefficient (Wildman–Crippen LogP) is 2.02. The molecule has 1 saturated heterocycles. The minimum atomic E-state index is -0.466. The summed E-state index contributed by atoms with van der Waals surface area (Å²) < 4.78 is 6.90. The molecule has 25 heavy (non-hydrogen) atoms. The van der Waals surface area contributed by atoms with E-state index in [1.807, 2.05) is 0 Å². The normalized spacial score (nSPS) is 21.8. The molecule has 0 spiro atoms. The van der Waals surface area contributed by atoms with Crippen molar-refractivity contribution in [1.29, 1.82) is 0 Å². The van der Waals surface area contributed by atoms with Gasteiger partial charge in [-0.3, -0.25) is 9.69 Å². The maximum Gasteiger partial charge on any atom is 0.410 e. The molecule has 0 bridgehead atoms. The SMILES string of the molecule is COC(=O)N1CCCCC1C(=O)NCc1nncn1C1CCCCC1. The number of amides is 2. The molecule has 0 radical (unpaired) electrons. The van der Waals surface area contributed by atoms with Gasteiger partial charge in [0, 0.05) is 12.6 Å². The van der Waals surface area contributed by atoms with Crippen molar-refractivity contribution < 1.29 is 14.3 Å². The van der Waals surface area contributed by atoms with Crippen LogP contribution in [0.25, 0.3) is 0 Å². The summed E-state index contributed by atoms with van der Waals surface area (Å²) in [5.41, 5.74) is 0. The summed E-state index contributed by atoms with van der Waals surface area (Å²) in [5.74, 6) is 0.629. The van der Waals surface area contributed by atoms with E-state index < -0.39 is 12.1 Å². The van der Waals surface area contributed by atoms with Crippen molar-refractivity contribution in [2.24, 2.45) is 0 Å². The molecule has 2 fully saturated rings. The average molecular weight is 349 g/mol. The third-order valence-electron chi connectivity index (χ3n) is 5.25. The molecule has 1 N–H and O–H groups in total. The second-order valence-corrected chi connectivity index (χ2v) is 6.84. The van der Waals surface area contributed by atoms with Gasteiger partial charge in [0.1, 0.15) is 12.4 Å².